The van der Waals surface area contributed by atoms with E-state index in [-0.39, 0.29) is 23.2 Å². The van der Waals surface area contributed by atoms with E-state index in [0.717, 1.165) is 16.5 Å². The van der Waals surface area contributed by atoms with Crippen molar-refractivity contribution in [2.45, 2.75) is 56.0 Å². The summed E-state index contributed by atoms with van der Waals surface area (Å²) in [6, 6.07) is 16.1. The van der Waals surface area contributed by atoms with Crippen LogP contribution in [0, 0.1) is 0 Å². The van der Waals surface area contributed by atoms with Crippen LogP contribution in [-0.4, -0.2) is 47.1 Å². The highest BCUT2D eigenvalue weighted by atomic mass is 32.2. The summed E-state index contributed by atoms with van der Waals surface area (Å²) in [6.07, 6.45) is 2.39. The van der Waals surface area contributed by atoms with Gasteiger partial charge in [0, 0.05) is 17.4 Å². The Labute approximate surface area is 214 Å². The van der Waals surface area contributed by atoms with Crippen molar-refractivity contribution in [2.75, 3.05) is 5.32 Å². The standard InChI is InChI=1S/C26H27N5O5S/c1-15-21-22(36-26(2,3)35-21)25(34-15)31-13-19(16-7-5-4-6-8-16)20-23(28-14-29-24(20)31)30-17-9-11-18(12-10-17)37(27,32)33/h4-15,21-22,25H,1-3H3,(H2,27,32,33)(H,28,29,30)/t15-,21-,22-,25-/m1/s1. The van der Waals surface area contributed by atoms with Crippen molar-refractivity contribution in [3.8, 4) is 11.1 Å². The Balaban J connectivity index is 1.47. The van der Waals surface area contributed by atoms with Crippen molar-refractivity contribution < 1.29 is 22.6 Å². The second-order valence-corrected chi connectivity index (χ2v) is 11.3. The summed E-state index contributed by atoms with van der Waals surface area (Å²) in [5, 5.41) is 9.35. The van der Waals surface area contributed by atoms with Crippen LogP contribution in [0.1, 0.15) is 27.0 Å². The van der Waals surface area contributed by atoms with Gasteiger partial charge in [-0.2, -0.15) is 0 Å². The number of rotatable bonds is 5. The molecule has 11 heteroatoms. The quantitative estimate of drug-likeness (QED) is 0.404. The van der Waals surface area contributed by atoms with Crippen molar-refractivity contribution in [2.24, 2.45) is 5.14 Å². The monoisotopic (exact) mass is 521 g/mol. The molecular formula is C26H27N5O5S. The number of ether oxygens (including phenoxy) is 3. The molecule has 2 fully saturated rings. The number of nitrogens with zero attached hydrogens (tertiary/aromatic N) is 3. The van der Waals surface area contributed by atoms with E-state index in [2.05, 4.69) is 15.3 Å². The molecule has 0 bridgehead atoms. The van der Waals surface area contributed by atoms with Crippen molar-refractivity contribution in [1.29, 1.82) is 0 Å². The van der Waals surface area contributed by atoms with Gasteiger partial charge in [-0.3, -0.25) is 0 Å². The van der Waals surface area contributed by atoms with Gasteiger partial charge in [-0.1, -0.05) is 30.3 Å². The highest BCUT2D eigenvalue weighted by Gasteiger charge is 2.54. The minimum absolute atomic E-state index is 0.0331. The summed E-state index contributed by atoms with van der Waals surface area (Å²) < 4.78 is 44.0. The molecule has 2 aliphatic rings. The summed E-state index contributed by atoms with van der Waals surface area (Å²) in [5.41, 5.74) is 3.22. The molecule has 37 heavy (non-hydrogen) atoms. The Bertz CT molecular complexity index is 1570. The molecule has 2 aromatic carbocycles. The maximum atomic E-state index is 11.7. The highest BCUT2D eigenvalue weighted by Crippen LogP contribution is 2.45. The lowest BCUT2D eigenvalue weighted by Crippen LogP contribution is -2.27. The average molecular weight is 522 g/mol. The third-order valence-electron chi connectivity index (χ3n) is 6.68. The maximum absolute atomic E-state index is 11.7. The molecule has 192 valence electrons. The van der Waals surface area contributed by atoms with Crippen molar-refractivity contribution in [3.63, 3.8) is 0 Å². The number of fused-ring (bicyclic) bond motifs is 2. The number of anilines is 2. The number of hydrogen-bond acceptors (Lipinski definition) is 8. The Morgan fingerprint density at radius 3 is 2.41 bits per heavy atom. The average Bonchev–Trinajstić information content (AvgIpc) is 3.49. The molecular weight excluding hydrogens is 494 g/mol. The van der Waals surface area contributed by atoms with Gasteiger partial charge >= 0.3 is 0 Å². The number of hydrogen-bond donors (Lipinski definition) is 2. The number of sulfonamides is 1. The van der Waals surface area contributed by atoms with Crippen LogP contribution < -0.4 is 10.5 Å². The van der Waals surface area contributed by atoms with Gasteiger partial charge in [0.1, 0.15) is 30.0 Å². The Hall–Kier alpha value is -3.35. The van der Waals surface area contributed by atoms with Gasteiger partial charge in [-0.25, -0.2) is 23.5 Å². The van der Waals surface area contributed by atoms with Gasteiger partial charge in [-0.15, -0.1) is 0 Å². The largest absolute Gasteiger partial charge is 0.349 e. The number of aromatic nitrogens is 3. The molecule has 2 saturated heterocycles. The predicted molar refractivity (Wildman–Crippen MR) is 137 cm³/mol. The molecule has 10 nitrogen and oxygen atoms in total. The Morgan fingerprint density at radius 1 is 1.00 bits per heavy atom. The lowest BCUT2D eigenvalue weighted by Gasteiger charge is -2.24. The SMILES string of the molecule is C[C@H]1O[C@@H](n2cc(-c3ccccc3)c3c(Nc4ccc(S(N)(=O)=O)cc4)ncnc32)[C@@H]2OC(C)(C)O[C@@H]21. The normalized spacial score (nSPS) is 24.9. The van der Waals surface area contributed by atoms with Gasteiger partial charge in [0.15, 0.2) is 12.0 Å². The molecule has 0 amide bonds. The van der Waals surface area contributed by atoms with E-state index >= 15 is 0 Å². The minimum Gasteiger partial charge on any atom is -0.349 e. The zero-order valence-corrected chi connectivity index (χ0v) is 21.3. The van der Waals surface area contributed by atoms with Gasteiger partial charge in [-0.05, 0) is 50.6 Å². The van der Waals surface area contributed by atoms with Gasteiger partial charge in [0.2, 0.25) is 10.0 Å². The topological polar surface area (TPSA) is 131 Å². The van der Waals surface area contributed by atoms with E-state index in [1.807, 2.05) is 61.9 Å². The first-order valence-electron chi connectivity index (χ1n) is 11.9. The second-order valence-electron chi connectivity index (χ2n) is 9.73. The van der Waals surface area contributed by atoms with Crippen LogP contribution in [0.5, 0.6) is 0 Å². The van der Waals surface area contributed by atoms with E-state index in [1.165, 1.54) is 18.5 Å². The molecule has 2 aromatic heterocycles. The molecule has 3 N–H and O–H groups in total. The summed E-state index contributed by atoms with van der Waals surface area (Å²) in [6.45, 7) is 5.80. The third kappa shape index (κ3) is 4.28. The van der Waals surface area contributed by atoms with Crippen LogP contribution in [0.4, 0.5) is 11.5 Å². The smallest absolute Gasteiger partial charge is 0.238 e. The molecule has 2 aliphatic heterocycles. The fourth-order valence-corrected chi connectivity index (χ4v) is 5.59. The van der Waals surface area contributed by atoms with E-state index in [4.69, 9.17) is 19.3 Å². The lowest BCUT2D eigenvalue weighted by atomic mass is 10.1. The highest BCUT2D eigenvalue weighted by molar-refractivity contribution is 7.89. The first kappa shape index (κ1) is 24.0. The fraction of sp³-hybridized carbons (Fsp3) is 0.308. The van der Waals surface area contributed by atoms with E-state index in [0.29, 0.717) is 17.2 Å². The molecule has 4 heterocycles. The predicted octanol–water partition coefficient (Wildman–Crippen LogP) is 3.93. The molecule has 0 aliphatic carbocycles. The summed E-state index contributed by atoms with van der Waals surface area (Å²) in [5.74, 6) is -0.140. The molecule has 0 saturated carbocycles. The van der Waals surface area contributed by atoms with Crippen molar-refractivity contribution >= 4 is 32.6 Å². The fourth-order valence-electron chi connectivity index (χ4n) is 5.07. The van der Waals surface area contributed by atoms with Crippen molar-refractivity contribution in [3.05, 3.63) is 67.1 Å². The van der Waals surface area contributed by atoms with E-state index in [9.17, 15) is 8.42 Å². The molecule has 4 atom stereocenters. The van der Waals surface area contributed by atoms with E-state index in [1.54, 1.807) is 12.1 Å². The zero-order valence-electron chi connectivity index (χ0n) is 20.5. The Kier molecular flexibility index (Phi) is 5.58. The molecule has 6 rings (SSSR count). The van der Waals surface area contributed by atoms with Gasteiger partial charge in [0.05, 0.1) is 16.4 Å². The van der Waals surface area contributed by atoms with Crippen LogP contribution in [0.25, 0.3) is 22.2 Å². The van der Waals surface area contributed by atoms with Crippen LogP contribution in [0.3, 0.4) is 0 Å². The second kappa shape index (κ2) is 8.61. The van der Waals surface area contributed by atoms with Crippen LogP contribution in [-0.2, 0) is 24.2 Å². The molecule has 0 unspecified atom stereocenters. The maximum Gasteiger partial charge on any atom is 0.238 e. The van der Waals surface area contributed by atoms with Crippen molar-refractivity contribution in [1.82, 2.24) is 14.5 Å². The molecule has 0 radical (unpaired) electrons. The number of primary sulfonamides is 1. The number of benzene rings is 2. The minimum atomic E-state index is -3.79. The first-order chi connectivity index (χ1) is 17.6. The van der Waals surface area contributed by atoms with E-state index < -0.39 is 22.0 Å². The summed E-state index contributed by atoms with van der Waals surface area (Å²) >= 11 is 0. The molecule has 0 spiro atoms. The van der Waals surface area contributed by atoms with Crippen LogP contribution in [0.2, 0.25) is 0 Å². The lowest BCUT2D eigenvalue weighted by molar-refractivity contribution is -0.194. The van der Waals surface area contributed by atoms with Gasteiger partial charge < -0.3 is 24.1 Å². The Morgan fingerprint density at radius 2 is 1.70 bits per heavy atom. The zero-order chi connectivity index (χ0) is 25.9. The third-order valence-corrected chi connectivity index (χ3v) is 7.60. The van der Waals surface area contributed by atoms with Crippen LogP contribution >= 0.6 is 0 Å². The first-order valence-corrected chi connectivity index (χ1v) is 13.5. The number of nitrogens with two attached hydrogens (primary N) is 1. The molecule has 4 aromatic rings. The summed E-state index contributed by atoms with van der Waals surface area (Å²) in [4.78, 5) is 9.20. The summed E-state index contributed by atoms with van der Waals surface area (Å²) in [7, 11) is -3.79. The number of nitrogens with one attached hydrogen (secondary N) is 1. The van der Waals surface area contributed by atoms with Crippen LogP contribution in [0.15, 0.2) is 72.0 Å². The van der Waals surface area contributed by atoms with Gasteiger partial charge in [0.25, 0.3) is 0 Å².